The molecule has 0 aromatic rings. The summed E-state index contributed by atoms with van der Waals surface area (Å²) >= 11 is 0. The van der Waals surface area contributed by atoms with E-state index in [1.807, 2.05) is 0 Å². The Morgan fingerprint density at radius 1 is 1.54 bits per heavy atom. The summed E-state index contributed by atoms with van der Waals surface area (Å²) in [5.41, 5.74) is -1.58. The van der Waals surface area contributed by atoms with Crippen molar-refractivity contribution in [3.63, 3.8) is 0 Å². The van der Waals surface area contributed by atoms with Crippen LogP contribution in [0.3, 0.4) is 0 Å². The minimum absolute atomic E-state index is 0.777. The Balaban J connectivity index is 3.00. The molecular weight excluding hydrogens is 200 g/mol. The van der Waals surface area contributed by atoms with Crippen LogP contribution in [0.5, 0.6) is 0 Å². The van der Waals surface area contributed by atoms with Gasteiger partial charge in [0.25, 0.3) is 0 Å². The molecule has 0 amide bonds. The van der Waals surface area contributed by atoms with Crippen LogP contribution in [0.4, 0.5) is 0 Å². The molecule has 0 aromatic heterocycles. The topological polar surface area (TPSA) is 78.9 Å². The van der Waals surface area contributed by atoms with E-state index in [1.165, 1.54) is 13.8 Å². The maximum atomic E-state index is 11.1. The molecule has 0 aliphatic carbocycles. The summed E-state index contributed by atoms with van der Waals surface area (Å²) in [4.78, 5) is 11.1. The Hall–Kier alpha value is -0.660. The molecule has 6 nitrogen and oxygen atoms in total. The average molecular weight is 210 g/mol. The van der Waals surface area contributed by atoms with Gasteiger partial charge in [-0.25, -0.2) is 13.2 Å². The van der Waals surface area contributed by atoms with Crippen LogP contribution in [0.1, 0.15) is 13.8 Å². The van der Waals surface area contributed by atoms with Gasteiger partial charge in [0.15, 0.2) is 0 Å². The van der Waals surface area contributed by atoms with Crippen molar-refractivity contribution in [2.24, 2.45) is 0 Å². The molecule has 1 fully saturated rings. The summed E-state index contributed by atoms with van der Waals surface area (Å²) in [5.74, 6) is -0.777. The fraction of sp³-hybridized carbons (Fsp3) is 0.833. The number of methoxy groups -OCH3 is 1. The molecule has 1 saturated heterocycles. The number of carbonyl (C=O) groups excluding carboxylic acids is 1. The van der Waals surface area contributed by atoms with Crippen LogP contribution in [0, 0.1) is 0 Å². The summed E-state index contributed by atoms with van der Waals surface area (Å²) in [7, 11) is -2.91. The highest BCUT2D eigenvalue weighted by molar-refractivity contribution is 7.82. The molecule has 0 N–H and O–H groups in total. The van der Waals surface area contributed by atoms with Crippen molar-refractivity contribution in [1.29, 1.82) is 0 Å². The summed E-state index contributed by atoms with van der Waals surface area (Å²) in [6.07, 6.45) is -0.884. The van der Waals surface area contributed by atoms with E-state index < -0.39 is 28.1 Å². The van der Waals surface area contributed by atoms with Gasteiger partial charge in [-0.3, -0.25) is 0 Å². The molecule has 7 heteroatoms. The van der Waals surface area contributed by atoms with E-state index in [-0.39, 0.29) is 0 Å². The SMILES string of the molecule is COC(=O)[C@]1(C)OS(=O)(=O)O[C@H]1C. The van der Waals surface area contributed by atoms with Crippen molar-refractivity contribution in [2.45, 2.75) is 25.6 Å². The molecule has 0 unspecified atom stereocenters. The van der Waals surface area contributed by atoms with E-state index in [2.05, 4.69) is 13.1 Å². The van der Waals surface area contributed by atoms with Gasteiger partial charge < -0.3 is 4.74 Å². The minimum Gasteiger partial charge on any atom is -0.467 e. The van der Waals surface area contributed by atoms with Crippen LogP contribution in [0.2, 0.25) is 0 Å². The highest BCUT2D eigenvalue weighted by Crippen LogP contribution is 2.31. The first kappa shape index (κ1) is 10.4. The van der Waals surface area contributed by atoms with Gasteiger partial charge in [-0.05, 0) is 13.8 Å². The third-order valence-electron chi connectivity index (χ3n) is 1.90. The van der Waals surface area contributed by atoms with Crippen molar-refractivity contribution in [2.75, 3.05) is 7.11 Å². The first-order chi connectivity index (χ1) is 5.82. The van der Waals surface area contributed by atoms with E-state index >= 15 is 0 Å². The second-order valence-corrected chi connectivity index (χ2v) is 4.00. The summed E-state index contributed by atoms with van der Waals surface area (Å²) < 4.78 is 35.0. The molecule has 13 heavy (non-hydrogen) atoms. The van der Waals surface area contributed by atoms with Crippen LogP contribution in [-0.4, -0.2) is 33.2 Å². The predicted molar refractivity (Wildman–Crippen MR) is 41.0 cm³/mol. The number of hydrogen-bond acceptors (Lipinski definition) is 6. The lowest BCUT2D eigenvalue weighted by atomic mass is 10.0. The Bertz CT molecular complexity index is 320. The quantitative estimate of drug-likeness (QED) is 0.548. The Kier molecular flexibility index (Phi) is 2.35. The van der Waals surface area contributed by atoms with Crippen molar-refractivity contribution in [1.82, 2.24) is 0 Å². The maximum absolute atomic E-state index is 11.1. The van der Waals surface area contributed by atoms with Crippen molar-refractivity contribution >= 4 is 16.4 Å². The molecular formula is C6H10O6S. The van der Waals surface area contributed by atoms with E-state index in [9.17, 15) is 13.2 Å². The minimum atomic E-state index is -4.06. The standard InChI is InChI=1S/C6H10O6S/c1-4-6(2,5(7)10-3)12-13(8,9)11-4/h4H,1-3H3/t4-,6+/m0/s1. The lowest BCUT2D eigenvalue weighted by Crippen LogP contribution is -2.44. The summed E-state index contributed by atoms with van der Waals surface area (Å²) in [6, 6.07) is 0. The van der Waals surface area contributed by atoms with Gasteiger partial charge in [-0.2, -0.15) is 8.42 Å². The summed E-state index contributed by atoms with van der Waals surface area (Å²) in [6.45, 7) is 2.72. The van der Waals surface area contributed by atoms with E-state index in [0.717, 1.165) is 7.11 Å². The lowest BCUT2D eigenvalue weighted by molar-refractivity contribution is -0.159. The first-order valence-corrected chi connectivity index (χ1v) is 4.87. The molecule has 0 radical (unpaired) electrons. The van der Waals surface area contributed by atoms with Crippen LogP contribution in [-0.2, 0) is 28.3 Å². The molecule has 1 aliphatic heterocycles. The molecule has 0 bridgehead atoms. The zero-order chi connectivity index (χ0) is 10.3. The molecule has 76 valence electrons. The van der Waals surface area contributed by atoms with Gasteiger partial charge in [0.05, 0.1) is 7.11 Å². The molecule has 2 atom stereocenters. The van der Waals surface area contributed by atoms with Crippen molar-refractivity contribution in [3.05, 3.63) is 0 Å². The van der Waals surface area contributed by atoms with Crippen LogP contribution in [0.15, 0.2) is 0 Å². The number of carbonyl (C=O) groups is 1. The maximum Gasteiger partial charge on any atom is 0.401 e. The fourth-order valence-electron chi connectivity index (χ4n) is 0.971. The number of hydrogen-bond donors (Lipinski definition) is 0. The smallest absolute Gasteiger partial charge is 0.401 e. The molecule has 0 aromatic carbocycles. The molecule has 1 heterocycles. The van der Waals surface area contributed by atoms with Gasteiger partial charge in [0.1, 0.15) is 6.10 Å². The second-order valence-electron chi connectivity index (χ2n) is 2.83. The lowest BCUT2D eigenvalue weighted by Gasteiger charge is -2.19. The molecule has 0 spiro atoms. The monoisotopic (exact) mass is 210 g/mol. The van der Waals surface area contributed by atoms with E-state index in [4.69, 9.17) is 0 Å². The van der Waals surface area contributed by atoms with Gasteiger partial charge in [0.2, 0.25) is 5.60 Å². The fourth-order valence-corrected chi connectivity index (χ4v) is 2.17. The summed E-state index contributed by atoms with van der Waals surface area (Å²) in [5, 5.41) is 0. The number of esters is 1. The van der Waals surface area contributed by atoms with Crippen molar-refractivity contribution < 1.29 is 26.3 Å². The zero-order valence-electron chi connectivity index (χ0n) is 7.44. The third kappa shape index (κ3) is 1.67. The van der Waals surface area contributed by atoms with E-state index in [0.29, 0.717) is 0 Å². The van der Waals surface area contributed by atoms with E-state index in [1.54, 1.807) is 0 Å². The van der Waals surface area contributed by atoms with Gasteiger partial charge in [0, 0.05) is 0 Å². The normalized spacial score (nSPS) is 37.3. The zero-order valence-corrected chi connectivity index (χ0v) is 8.25. The van der Waals surface area contributed by atoms with Gasteiger partial charge in [-0.1, -0.05) is 0 Å². The molecule has 0 saturated carbocycles. The van der Waals surface area contributed by atoms with Crippen LogP contribution in [0.25, 0.3) is 0 Å². The number of rotatable bonds is 1. The van der Waals surface area contributed by atoms with Crippen LogP contribution < -0.4 is 0 Å². The Morgan fingerprint density at radius 2 is 2.08 bits per heavy atom. The Labute approximate surface area is 76.1 Å². The highest BCUT2D eigenvalue weighted by atomic mass is 32.3. The third-order valence-corrected chi connectivity index (χ3v) is 2.98. The largest absolute Gasteiger partial charge is 0.467 e. The molecule has 1 aliphatic rings. The number of ether oxygens (including phenoxy) is 1. The van der Waals surface area contributed by atoms with Crippen molar-refractivity contribution in [3.8, 4) is 0 Å². The second kappa shape index (κ2) is 2.93. The van der Waals surface area contributed by atoms with Crippen LogP contribution >= 0.6 is 0 Å². The Morgan fingerprint density at radius 3 is 2.38 bits per heavy atom. The van der Waals surface area contributed by atoms with Gasteiger partial charge in [-0.15, -0.1) is 0 Å². The van der Waals surface area contributed by atoms with Gasteiger partial charge >= 0.3 is 16.4 Å². The molecule has 1 rings (SSSR count). The average Bonchev–Trinajstić information content (AvgIpc) is 2.20. The first-order valence-electron chi connectivity index (χ1n) is 3.54. The highest BCUT2D eigenvalue weighted by Gasteiger charge is 2.54. The predicted octanol–water partition coefficient (Wildman–Crippen LogP) is -0.402.